The molecular weight excluding hydrogens is 526 g/mol. The van der Waals surface area contributed by atoms with Gasteiger partial charge in [-0.1, -0.05) is 60.7 Å². The van der Waals surface area contributed by atoms with E-state index in [1.807, 2.05) is 18.2 Å². The zero-order valence-electron chi connectivity index (χ0n) is 21.8. The van der Waals surface area contributed by atoms with Gasteiger partial charge in [0, 0.05) is 22.9 Å². The molecule has 0 aliphatic carbocycles. The van der Waals surface area contributed by atoms with Crippen LogP contribution >= 0.6 is 0 Å². The predicted molar refractivity (Wildman–Crippen MR) is 155 cm³/mol. The van der Waals surface area contributed by atoms with Crippen molar-refractivity contribution in [1.82, 2.24) is 9.66 Å². The number of nitro groups is 1. The fourth-order valence-corrected chi connectivity index (χ4v) is 4.10. The number of aromatic nitrogens is 2. The Morgan fingerprint density at radius 1 is 1.02 bits per heavy atom. The molecule has 1 heterocycles. The molecule has 0 saturated carbocycles. The maximum atomic E-state index is 13.4. The number of nitro benzene ring substituents is 1. The molecule has 0 unspecified atom stereocenters. The number of carbonyl (C=O) groups is 1. The molecule has 204 valence electrons. The zero-order chi connectivity index (χ0) is 28.8. The number of nitrogens with one attached hydrogen (secondary N) is 1. The minimum atomic E-state index is -0.649. The molecule has 0 atom stereocenters. The van der Waals surface area contributed by atoms with Crippen LogP contribution in [-0.4, -0.2) is 40.4 Å². The number of hydrogen-bond donors (Lipinski definition) is 1. The highest BCUT2D eigenvalue weighted by molar-refractivity contribution is 5.92. The molecule has 4 aromatic carbocycles. The van der Waals surface area contributed by atoms with Gasteiger partial charge in [0.25, 0.3) is 11.5 Å². The normalized spacial score (nSPS) is 11.0. The molecule has 1 amide bonds. The Morgan fingerprint density at radius 2 is 1.71 bits per heavy atom. The first-order valence-electron chi connectivity index (χ1n) is 12.4. The second kappa shape index (κ2) is 11.9. The number of amides is 1. The lowest BCUT2D eigenvalue weighted by molar-refractivity contribution is -0.385. The van der Waals surface area contributed by atoms with E-state index in [0.29, 0.717) is 28.0 Å². The maximum absolute atomic E-state index is 13.4. The van der Waals surface area contributed by atoms with Gasteiger partial charge in [0.15, 0.2) is 18.2 Å². The van der Waals surface area contributed by atoms with E-state index in [1.165, 1.54) is 25.5 Å². The highest BCUT2D eigenvalue weighted by atomic mass is 16.6. The molecule has 1 aromatic heterocycles. The summed E-state index contributed by atoms with van der Waals surface area (Å²) >= 11 is 0. The number of rotatable bonds is 9. The smallest absolute Gasteiger partial charge is 0.315 e. The van der Waals surface area contributed by atoms with Crippen LogP contribution < -0.4 is 20.3 Å². The maximum Gasteiger partial charge on any atom is 0.315 e. The summed E-state index contributed by atoms with van der Waals surface area (Å²) in [7, 11) is 1.32. The van der Waals surface area contributed by atoms with E-state index in [2.05, 4.69) is 15.4 Å². The van der Waals surface area contributed by atoms with E-state index in [0.717, 1.165) is 4.68 Å². The van der Waals surface area contributed by atoms with Gasteiger partial charge in [-0.05, 0) is 30.3 Å². The zero-order valence-corrected chi connectivity index (χ0v) is 21.8. The Labute approximate surface area is 233 Å². The van der Waals surface area contributed by atoms with Crippen LogP contribution in [-0.2, 0) is 4.79 Å². The van der Waals surface area contributed by atoms with Crippen molar-refractivity contribution in [3.63, 3.8) is 0 Å². The lowest BCUT2D eigenvalue weighted by Crippen LogP contribution is -2.21. The van der Waals surface area contributed by atoms with E-state index < -0.39 is 28.7 Å². The molecule has 0 radical (unpaired) electrons. The molecule has 11 nitrogen and oxygen atoms in total. The number of ether oxygens (including phenoxy) is 2. The van der Waals surface area contributed by atoms with Crippen LogP contribution in [0.4, 0.5) is 11.4 Å². The van der Waals surface area contributed by atoms with E-state index in [-0.39, 0.29) is 17.1 Å². The first-order chi connectivity index (χ1) is 19.9. The average molecular weight is 550 g/mol. The molecule has 0 saturated heterocycles. The van der Waals surface area contributed by atoms with E-state index in [9.17, 15) is 19.7 Å². The van der Waals surface area contributed by atoms with Gasteiger partial charge in [-0.3, -0.25) is 19.7 Å². The summed E-state index contributed by atoms with van der Waals surface area (Å²) in [5, 5.41) is 19.3. The molecule has 11 heteroatoms. The molecule has 0 fully saturated rings. The van der Waals surface area contributed by atoms with Crippen molar-refractivity contribution in [2.24, 2.45) is 5.10 Å². The number of nitrogens with zero attached hydrogens (tertiary/aromatic N) is 4. The fourth-order valence-electron chi connectivity index (χ4n) is 4.10. The van der Waals surface area contributed by atoms with Crippen molar-refractivity contribution >= 4 is 34.4 Å². The van der Waals surface area contributed by atoms with E-state index >= 15 is 0 Å². The third kappa shape index (κ3) is 5.93. The van der Waals surface area contributed by atoms with Gasteiger partial charge in [0.2, 0.25) is 5.75 Å². The van der Waals surface area contributed by atoms with Crippen LogP contribution in [0.5, 0.6) is 11.5 Å². The first kappa shape index (κ1) is 26.8. The number of benzene rings is 4. The third-order valence-electron chi connectivity index (χ3n) is 5.99. The summed E-state index contributed by atoms with van der Waals surface area (Å²) in [6.07, 6.45) is 1.30. The summed E-state index contributed by atoms with van der Waals surface area (Å²) in [4.78, 5) is 41.7. The highest BCUT2D eigenvalue weighted by Crippen LogP contribution is 2.38. The lowest BCUT2D eigenvalue weighted by Gasteiger charge is -2.12. The summed E-state index contributed by atoms with van der Waals surface area (Å²) in [6.45, 7) is -0.488. The Bertz CT molecular complexity index is 1820. The molecule has 0 spiro atoms. The number of methoxy groups -OCH3 is 1. The van der Waals surface area contributed by atoms with Gasteiger partial charge >= 0.3 is 5.69 Å². The average Bonchev–Trinajstić information content (AvgIpc) is 3.00. The molecule has 41 heavy (non-hydrogen) atoms. The molecule has 0 aliphatic heterocycles. The lowest BCUT2D eigenvalue weighted by atomic mass is 10.2. The first-order valence-corrected chi connectivity index (χ1v) is 12.4. The quantitative estimate of drug-likeness (QED) is 0.157. The standard InChI is InChI=1S/C30H23N5O6/c1-40-26-17-20(16-25(35(38)39)28(26)41-19-27(36)32-22-12-6-3-7-13-22)18-31-34-29(21-10-4-2-5-11-21)33-24-15-9-8-14-23(24)30(34)37/h2-18H,19H2,1H3,(H,32,36). The summed E-state index contributed by atoms with van der Waals surface area (Å²) in [6, 6.07) is 27.4. The number of anilines is 1. The van der Waals surface area contributed by atoms with Crippen LogP contribution in [0.1, 0.15) is 5.56 Å². The van der Waals surface area contributed by atoms with Crippen molar-refractivity contribution < 1.29 is 19.2 Å². The molecule has 5 rings (SSSR count). The number of para-hydroxylation sites is 2. The SMILES string of the molecule is COc1cc(C=Nn2c(-c3ccccc3)nc3ccccc3c2=O)cc([N+](=O)[O-])c1OCC(=O)Nc1ccccc1. The largest absolute Gasteiger partial charge is 0.493 e. The molecule has 5 aromatic rings. The van der Waals surface area contributed by atoms with Crippen molar-refractivity contribution in [1.29, 1.82) is 0 Å². The van der Waals surface area contributed by atoms with Crippen LogP contribution in [0.3, 0.4) is 0 Å². The van der Waals surface area contributed by atoms with Gasteiger partial charge in [-0.15, -0.1) is 0 Å². The predicted octanol–water partition coefficient (Wildman–Crippen LogP) is 4.88. The van der Waals surface area contributed by atoms with Gasteiger partial charge in [-0.2, -0.15) is 9.78 Å². The summed E-state index contributed by atoms with van der Waals surface area (Å²) in [5.41, 5.74) is 1.14. The Hall–Kier alpha value is -5.84. The van der Waals surface area contributed by atoms with Crippen molar-refractivity contribution in [2.45, 2.75) is 0 Å². The van der Waals surface area contributed by atoms with Crippen LogP contribution in [0, 0.1) is 10.1 Å². The van der Waals surface area contributed by atoms with Crippen molar-refractivity contribution in [2.75, 3.05) is 19.0 Å². The van der Waals surface area contributed by atoms with Crippen LogP contribution in [0.25, 0.3) is 22.3 Å². The van der Waals surface area contributed by atoms with Crippen molar-refractivity contribution in [3.05, 3.63) is 123 Å². The van der Waals surface area contributed by atoms with Crippen LogP contribution in [0.2, 0.25) is 0 Å². The second-order valence-electron chi connectivity index (χ2n) is 8.71. The number of fused-ring (bicyclic) bond motifs is 1. The molecule has 0 aliphatic rings. The van der Waals surface area contributed by atoms with Gasteiger partial charge in [-0.25, -0.2) is 4.98 Å². The summed E-state index contributed by atoms with van der Waals surface area (Å²) in [5.74, 6) is -0.404. The molecular formula is C30H23N5O6. The van der Waals surface area contributed by atoms with Crippen LogP contribution in [0.15, 0.2) is 107 Å². The number of hydrogen-bond acceptors (Lipinski definition) is 8. The monoisotopic (exact) mass is 549 g/mol. The van der Waals surface area contributed by atoms with E-state index in [4.69, 9.17) is 9.47 Å². The fraction of sp³-hybridized carbons (Fsp3) is 0.0667. The van der Waals surface area contributed by atoms with E-state index in [1.54, 1.807) is 66.7 Å². The minimum Gasteiger partial charge on any atom is -0.493 e. The van der Waals surface area contributed by atoms with Gasteiger partial charge in [0.05, 0.1) is 29.2 Å². The van der Waals surface area contributed by atoms with Gasteiger partial charge < -0.3 is 14.8 Å². The Morgan fingerprint density at radius 3 is 2.41 bits per heavy atom. The minimum absolute atomic E-state index is 0.0143. The van der Waals surface area contributed by atoms with Crippen molar-refractivity contribution in [3.8, 4) is 22.9 Å². The topological polar surface area (TPSA) is 138 Å². The third-order valence-corrected chi connectivity index (χ3v) is 5.99. The molecule has 0 bridgehead atoms. The second-order valence-corrected chi connectivity index (χ2v) is 8.71. The number of carbonyl (C=O) groups excluding carboxylic acids is 1. The van der Waals surface area contributed by atoms with Gasteiger partial charge in [0.1, 0.15) is 0 Å². The Kier molecular flexibility index (Phi) is 7.77. The Balaban J connectivity index is 1.50. The summed E-state index contributed by atoms with van der Waals surface area (Å²) < 4.78 is 12.0. The molecule has 1 N–H and O–H groups in total. The highest BCUT2D eigenvalue weighted by Gasteiger charge is 2.23.